The Labute approximate surface area is 146 Å². The first-order valence-electron chi connectivity index (χ1n) is 9.07. The van der Waals surface area contributed by atoms with Gasteiger partial charge in [0.05, 0.1) is 19.3 Å². The molecule has 0 aromatic heterocycles. The Hall–Kier alpha value is -1.75. The fraction of sp³-hybridized carbons (Fsp3) is 0.632. The smallest absolute Gasteiger partial charge is 0.236 e. The van der Waals surface area contributed by atoms with Gasteiger partial charge in [0, 0.05) is 39.3 Å². The molecule has 0 atom stereocenters. The van der Waals surface area contributed by atoms with E-state index in [0.29, 0.717) is 6.54 Å². The SMILES string of the molecule is CCCN(CCC)C(=O)CN1CCN(c2ccccc2OC)CC1. The number of benzene rings is 1. The molecule has 1 aliphatic rings. The standard InChI is InChI=1S/C19H31N3O2/c1-4-10-22(11-5-2)19(23)16-20-12-14-21(15-13-20)17-8-6-7-9-18(17)24-3/h6-9H,4-5,10-16H2,1-3H3. The van der Waals surface area contributed by atoms with Crippen molar-refractivity contribution in [2.24, 2.45) is 0 Å². The zero-order chi connectivity index (χ0) is 17.4. The summed E-state index contributed by atoms with van der Waals surface area (Å²) < 4.78 is 5.46. The largest absolute Gasteiger partial charge is 0.495 e. The van der Waals surface area contributed by atoms with Crippen molar-refractivity contribution in [1.29, 1.82) is 0 Å². The second-order valence-corrected chi connectivity index (χ2v) is 6.32. The molecule has 0 saturated carbocycles. The number of hydrogen-bond acceptors (Lipinski definition) is 4. The fourth-order valence-corrected chi connectivity index (χ4v) is 3.23. The van der Waals surface area contributed by atoms with E-state index in [0.717, 1.165) is 63.5 Å². The van der Waals surface area contributed by atoms with Gasteiger partial charge >= 0.3 is 0 Å². The minimum absolute atomic E-state index is 0.268. The molecule has 0 unspecified atom stereocenters. The zero-order valence-electron chi connectivity index (χ0n) is 15.3. The maximum atomic E-state index is 12.5. The van der Waals surface area contributed by atoms with Crippen LogP contribution in [0.2, 0.25) is 0 Å². The number of methoxy groups -OCH3 is 1. The molecule has 1 fully saturated rings. The van der Waals surface area contributed by atoms with E-state index in [2.05, 4.69) is 29.7 Å². The Balaban J connectivity index is 1.87. The highest BCUT2D eigenvalue weighted by Crippen LogP contribution is 2.28. The van der Waals surface area contributed by atoms with Gasteiger partial charge in [0.25, 0.3) is 0 Å². The molecular weight excluding hydrogens is 302 g/mol. The van der Waals surface area contributed by atoms with Crippen molar-refractivity contribution in [3.05, 3.63) is 24.3 Å². The third-order valence-corrected chi connectivity index (χ3v) is 4.50. The van der Waals surface area contributed by atoms with Gasteiger partial charge in [-0.3, -0.25) is 9.69 Å². The van der Waals surface area contributed by atoms with Gasteiger partial charge in [-0.05, 0) is 25.0 Å². The number of piperazine rings is 1. The van der Waals surface area contributed by atoms with E-state index >= 15 is 0 Å². The van der Waals surface area contributed by atoms with Gasteiger partial charge < -0.3 is 14.5 Å². The highest BCUT2D eigenvalue weighted by molar-refractivity contribution is 5.78. The molecule has 0 spiro atoms. The first-order chi connectivity index (χ1) is 11.7. The zero-order valence-corrected chi connectivity index (χ0v) is 15.3. The monoisotopic (exact) mass is 333 g/mol. The molecule has 2 rings (SSSR count). The van der Waals surface area contributed by atoms with Crippen molar-refractivity contribution in [3.63, 3.8) is 0 Å². The summed E-state index contributed by atoms with van der Waals surface area (Å²) in [6.07, 6.45) is 2.04. The first-order valence-corrected chi connectivity index (χ1v) is 9.07. The molecule has 5 nitrogen and oxygen atoms in total. The molecular formula is C19H31N3O2. The number of nitrogens with zero attached hydrogens (tertiary/aromatic N) is 3. The van der Waals surface area contributed by atoms with Crippen LogP contribution in [0.3, 0.4) is 0 Å². The molecule has 134 valence electrons. The maximum Gasteiger partial charge on any atom is 0.236 e. The van der Waals surface area contributed by atoms with Crippen molar-refractivity contribution in [1.82, 2.24) is 9.80 Å². The number of para-hydroxylation sites is 2. The predicted octanol–water partition coefficient (Wildman–Crippen LogP) is 2.47. The van der Waals surface area contributed by atoms with Gasteiger partial charge in [-0.1, -0.05) is 26.0 Å². The van der Waals surface area contributed by atoms with Crippen LogP contribution in [-0.4, -0.2) is 68.6 Å². The number of carbonyl (C=O) groups excluding carboxylic acids is 1. The maximum absolute atomic E-state index is 12.5. The summed E-state index contributed by atoms with van der Waals surface area (Å²) in [7, 11) is 1.71. The topological polar surface area (TPSA) is 36.0 Å². The lowest BCUT2D eigenvalue weighted by atomic mass is 10.2. The lowest BCUT2D eigenvalue weighted by molar-refractivity contribution is -0.132. The number of rotatable bonds is 8. The van der Waals surface area contributed by atoms with Crippen LogP contribution in [-0.2, 0) is 4.79 Å². The van der Waals surface area contributed by atoms with Gasteiger partial charge in [0.1, 0.15) is 5.75 Å². The van der Waals surface area contributed by atoms with Crippen molar-refractivity contribution in [3.8, 4) is 5.75 Å². The molecule has 0 bridgehead atoms. The van der Waals surface area contributed by atoms with E-state index in [1.54, 1.807) is 7.11 Å². The summed E-state index contributed by atoms with van der Waals surface area (Å²) in [6.45, 7) is 10.2. The highest BCUT2D eigenvalue weighted by atomic mass is 16.5. The van der Waals surface area contributed by atoms with Crippen LogP contribution in [0.25, 0.3) is 0 Å². The molecule has 0 N–H and O–H groups in total. The molecule has 24 heavy (non-hydrogen) atoms. The Morgan fingerprint density at radius 3 is 2.29 bits per heavy atom. The first kappa shape index (κ1) is 18.6. The van der Waals surface area contributed by atoms with Crippen molar-refractivity contribution in [2.75, 3.05) is 57.8 Å². The Bertz CT molecular complexity index is 507. The molecule has 1 aromatic rings. The highest BCUT2D eigenvalue weighted by Gasteiger charge is 2.22. The molecule has 1 amide bonds. The van der Waals surface area contributed by atoms with Crippen LogP contribution in [0.15, 0.2) is 24.3 Å². The van der Waals surface area contributed by atoms with Crippen molar-refractivity contribution < 1.29 is 9.53 Å². The lowest BCUT2D eigenvalue weighted by Gasteiger charge is -2.37. The summed E-state index contributed by atoms with van der Waals surface area (Å²) in [5, 5.41) is 0. The predicted molar refractivity (Wildman–Crippen MR) is 98.8 cm³/mol. The van der Waals surface area contributed by atoms with E-state index in [1.165, 1.54) is 0 Å². The number of ether oxygens (including phenoxy) is 1. The number of carbonyl (C=O) groups is 1. The van der Waals surface area contributed by atoms with E-state index in [9.17, 15) is 4.79 Å². The molecule has 1 heterocycles. The minimum atomic E-state index is 0.268. The summed E-state index contributed by atoms with van der Waals surface area (Å²) >= 11 is 0. The third kappa shape index (κ3) is 4.87. The van der Waals surface area contributed by atoms with E-state index < -0.39 is 0 Å². The molecule has 1 aliphatic heterocycles. The molecule has 5 heteroatoms. The normalized spacial score (nSPS) is 15.4. The molecule has 1 saturated heterocycles. The lowest BCUT2D eigenvalue weighted by Crippen LogP contribution is -2.50. The summed E-state index contributed by atoms with van der Waals surface area (Å²) in [6, 6.07) is 8.14. The summed E-state index contributed by atoms with van der Waals surface area (Å²) in [4.78, 5) is 19.1. The second kappa shape index (κ2) is 9.52. The van der Waals surface area contributed by atoms with E-state index in [4.69, 9.17) is 4.74 Å². The summed E-state index contributed by atoms with van der Waals surface area (Å²) in [5.41, 5.74) is 1.14. The van der Waals surface area contributed by atoms with Gasteiger partial charge in [0.2, 0.25) is 5.91 Å². The van der Waals surface area contributed by atoms with Gasteiger partial charge in [-0.25, -0.2) is 0 Å². The molecule has 1 aromatic carbocycles. The van der Waals surface area contributed by atoms with Gasteiger partial charge in [-0.15, -0.1) is 0 Å². The number of hydrogen-bond donors (Lipinski definition) is 0. The Kier molecular flexibility index (Phi) is 7.37. The Morgan fingerprint density at radius 1 is 1.08 bits per heavy atom. The van der Waals surface area contributed by atoms with E-state index in [1.807, 2.05) is 23.1 Å². The van der Waals surface area contributed by atoms with Gasteiger partial charge in [0.15, 0.2) is 0 Å². The second-order valence-electron chi connectivity index (χ2n) is 6.32. The van der Waals surface area contributed by atoms with Crippen LogP contribution in [0.5, 0.6) is 5.75 Å². The van der Waals surface area contributed by atoms with Crippen molar-refractivity contribution >= 4 is 11.6 Å². The fourth-order valence-electron chi connectivity index (χ4n) is 3.23. The average Bonchev–Trinajstić information content (AvgIpc) is 2.62. The van der Waals surface area contributed by atoms with Gasteiger partial charge in [-0.2, -0.15) is 0 Å². The molecule has 0 aliphatic carbocycles. The van der Waals surface area contributed by atoms with Crippen LogP contribution in [0, 0.1) is 0 Å². The summed E-state index contributed by atoms with van der Waals surface area (Å²) in [5.74, 6) is 1.18. The van der Waals surface area contributed by atoms with Crippen LogP contribution in [0.1, 0.15) is 26.7 Å². The van der Waals surface area contributed by atoms with Crippen LogP contribution < -0.4 is 9.64 Å². The van der Waals surface area contributed by atoms with E-state index in [-0.39, 0.29) is 5.91 Å². The average molecular weight is 333 g/mol. The third-order valence-electron chi connectivity index (χ3n) is 4.50. The number of amides is 1. The quantitative estimate of drug-likeness (QED) is 0.732. The molecule has 0 radical (unpaired) electrons. The number of anilines is 1. The van der Waals surface area contributed by atoms with Crippen LogP contribution in [0.4, 0.5) is 5.69 Å². The minimum Gasteiger partial charge on any atom is -0.495 e. The van der Waals surface area contributed by atoms with Crippen LogP contribution >= 0.6 is 0 Å². The Morgan fingerprint density at radius 2 is 1.71 bits per heavy atom. The van der Waals surface area contributed by atoms with Crippen molar-refractivity contribution in [2.45, 2.75) is 26.7 Å².